The van der Waals surface area contributed by atoms with Crippen LogP contribution >= 0.6 is 0 Å². The molecule has 5 rings (SSSR count). The van der Waals surface area contributed by atoms with Gasteiger partial charge in [-0.05, 0) is 99.2 Å². The molecule has 0 aromatic heterocycles. The highest BCUT2D eigenvalue weighted by atomic mass is 16.5. The summed E-state index contributed by atoms with van der Waals surface area (Å²) in [6.07, 6.45) is 6.12. The van der Waals surface area contributed by atoms with Crippen LogP contribution in [-0.4, -0.2) is 66.4 Å². The maximum absolute atomic E-state index is 12.9. The van der Waals surface area contributed by atoms with Gasteiger partial charge in [0.25, 0.3) is 5.91 Å². The van der Waals surface area contributed by atoms with E-state index in [1.165, 1.54) is 0 Å². The number of amides is 3. The Hall–Kier alpha value is -4.28. The summed E-state index contributed by atoms with van der Waals surface area (Å²) < 4.78 is 17.8. The highest BCUT2D eigenvalue weighted by molar-refractivity contribution is 6.04. The molecule has 2 fully saturated rings. The smallest absolute Gasteiger partial charge is 0.319 e. The van der Waals surface area contributed by atoms with E-state index >= 15 is 0 Å². The molecule has 3 aromatic rings. The molecule has 2 atom stereocenters. The predicted molar refractivity (Wildman–Crippen MR) is 175 cm³/mol. The number of piperidine rings is 1. The first kappa shape index (κ1) is 32.1. The van der Waals surface area contributed by atoms with Gasteiger partial charge in [0, 0.05) is 47.7 Å². The van der Waals surface area contributed by atoms with Crippen molar-refractivity contribution in [3.05, 3.63) is 72.3 Å². The molecule has 45 heavy (non-hydrogen) atoms. The molecule has 2 aliphatic rings. The van der Waals surface area contributed by atoms with Crippen LogP contribution < -0.4 is 30.2 Å². The van der Waals surface area contributed by atoms with Crippen molar-refractivity contribution in [2.75, 3.05) is 30.9 Å². The van der Waals surface area contributed by atoms with Gasteiger partial charge in [0.2, 0.25) is 0 Å². The van der Waals surface area contributed by atoms with Crippen LogP contribution in [0, 0.1) is 0 Å². The van der Waals surface area contributed by atoms with Crippen molar-refractivity contribution in [1.82, 2.24) is 10.2 Å². The van der Waals surface area contributed by atoms with Gasteiger partial charge < -0.3 is 35.3 Å². The maximum Gasteiger partial charge on any atom is 0.319 e. The minimum atomic E-state index is -0.264. The molecule has 240 valence electrons. The third-order valence-electron chi connectivity index (χ3n) is 8.70. The van der Waals surface area contributed by atoms with Gasteiger partial charge in [-0.1, -0.05) is 13.8 Å². The number of aliphatic hydroxyl groups is 1. The maximum atomic E-state index is 12.9. The molecule has 10 heteroatoms. The molecule has 0 aliphatic carbocycles. The first-order valence-corrected chi connectivity index (χ1v) is 15.9. The molecule has 2 heterocycles. The van der Waals surface area contributed by atoms with Crippen molar-refractivity contribution in [3.63, 3.8) is 0 Å². The summed E-state index contributed by atoms with van der Waals surface area (Å²) in [6.45, 7) is 5.01. The Bertz CT molecular complexity index is 1410. The number of rotatable bonds is 13. The first-order chi connectivity index (χ1) is 21.9. The second-order valence-corrected chi connectivity index (χ2v) is 11.6. The molecule has 2 saturated heterocycles. The fourth-order valence-corrected chi connectivity index (χ4v) is 6.29. The summed E-state index contributed by atoms with van der Waals surface area (Å²) in [4.78, 5) is 27.7. The lowest BCUT2D eigenvalue weighted by atomic mass is 9.99. The zero-order valence-corrected chi connectivity index (χ0v) is 26.3. The van der Waals surface area contributed by atoms with Crippen LogP contribution in [0.2, 0.25) is 0 Å². The Morgan fingerprint density at radius 3 is 2.13 bits per heavy atom. The molecule has 4 N–H and O–H groups in total. The fourth-order valence-electron chi connectivity index (χ4n) is 6.29. The van der Waals surface area contributed by atoms with E-state index in [-0.39, 0.29) is 30.7 Å². The van der Waals surface area contributed by atoms with E-state index in [1.807, 2.05) is 26.0 Å². The van der Waals surface area contributed by atoms with Crippen LogP contribution in [0.3, 0.4) is 0 Å². The first-order valence-electron chi connectivity index (χ1n) is 15.9. The van der Waals surface area contributed by atoms with E-state index in [0.717, 1.165) is 50.8 Å². The van der Waals surface area contributed by atoms with Crippen LogP contribution in [0.4, 0.5) is 16.2 Å². The normalized spacial score (nSPS) is 19.2. The van der Waals surface area contributed by atoms with Crippen LogP contribution in [0.1, 0.15) is 62.7 Å². The molecular weight excluding hydrogens is 572 g/mol. The second-order valence-electron chi connectivity index (χ2n) is 11.6. The van der Waals surface area contributed by atoms with Crippen LogP contribution in [-0.2, 0) is 0 Å². The van der Waals surface area contributed by atoms with Gasteiger partial charge in [-0.15, -0.1) is 0 Å². The third-order valence-corrected chi connectivity index (χ3v) is 8.70. The van der Waals surface area contributed by atoms with E-state index < -0.39 is 0 Å². The highest BCUT2D eigenvalue weighted by Crippen LogP contribution is 2.37. The van der Waals surface area contributed by atoms with Gasteiger partial charge in [-0.2, -0.15) is 0 Å². The molecule has 0 radical (unpaired) electrons. The molecule has 10 nitrogen and oxygen atoms in total. The number of hydrogen-bond acceptors (Lipinski definition) is 7. The molecule has 3 amide bonds. The third kappa shape index (κ3) is 8.26. The van der Waals surface area contributed by atoms with E-state index in [1.54, 1.807) is 61.7 Å². The summed E-state index contributed by atoms with van der Waals surface area (Å²) in [5, 5.41) is 18.1. The average Bonchev–Trinajstić information content (AvgIpc) is 3.28. The number of nitrogens with zero attached hydrogens (tertiary/aromatic N) is 1. The number of benzene rings is 3. The number of methoxy groups -OCH3 is 1. The Morgan fingerprint density at radius 2 is 1.51 bits per heavy atom. The fraction of sp³-hybridized carbons (Fsp3) is 0.429. The number of anilines is 2. The molecule has 2 unspecified atom stereocenters. The summed E-state index contributed by atoms with van der Waals surface area (Å²) >= 11 is 0. The lowest BCUT2D eigenvalue weighted by Crippen LogP contribution is -2.47. The van der Waals surface area contributed by atoms with Crippen molar-refractivity contribution < 1.29 is 28.9 Å². The van der Waals surface area contributed by atoms with Gasteiger partial charge in [-0.3, -0.25) is 9.69 Å². The quantitative estimate of drug-likeness (QED) is 0.175. The molecule has 2 aliphatic heterocycles. The summed E-state index contributed by atoms with van der Waals surface area (Å²) in [7, 11) is 1.54. The summed E-state index contributed by atoms with van der Waals surface area (Å²) in [6, 6.07) is 20.3. The Balaban J connectivity index is 1.12. The van der Waals surface area contributed by atoms with Crippen molar-refractivity contribution in [2.24, 2.45) is 0 Å². The van der Waals surface area contributed by atoms with Crippen molar-refractivity contribution in [2.45, 2.75) is 76.6 Å². The number of ether oxygens (including phenoxy) is 3. The lowest BCUT2D eigenvalue weighted by Gasteiger charge is -2.38. The van der Waals surface area contributed by atoms with E-state index in [2.05, 4.69) is 20.9 Å². The van der Waals surface area contributed by atoms with Crippen LogP contribution in [0.25, 0.3) is 0 Å². The van der Waals surface area contributed by atoms with Gasteiger partial charge in [0.1, 0.15) is 17.6 Å². The number of hydrogen-bond donors (Lipinski definition) is 4. The second kappa shape index (κ2) is 15.1. The van der Waals surface area contributed by atoms with E-state index in [0.29, 0.717) is 46.3 Å². The van der Waals surface area contributed by atoms with Crippen molar-refractivity contribution in [3.8, 4) is 23.0 Å². The average molecular weight is 617 g/mol. The van der Waals surface area contributed by atoms with Gasteiger partial charge in [0.15, 0.2) is 11.5 Å². The minimum Gasteiger partial charge on any atom is -0.493 e. The zero-order chi connectivity index (χ0) is 31.8. The van der Waals surface area contributed by atoms with Crippen molar-refractivity contribution in [1.29, 1.82) is 0 Å². The summed E-state index contributed by atoms with van der Waals surface area (Å²) in [5.74, 6) is 2.07. The van der Waals surface area contributed by atoms with E-state index in [4.69, 9.17) is 14.2 Å². The van der Waals surface area contributed by atoms with Gasteiger partial charge in [-0.25, -0.2) is 4.79 Å². The minimum absolute atomic E-state index is 0.120. The van der Waals surface area contributed by atoms with Crippen molar-refractivity contribution >= 4 is 23.3 Å². The van der Waals surface area contributed by atoms with Crippen LogP contribution in [0.15, 0.2) is 66.7 Å². The number of nitrogens with one attached hydrogen (secondary N) is 3. The monoisotopic (exact) mass is 616 g/mol. The SMILES string of the molecule is CCC(CC)NC(=O)Nc1ccc(Oc2ccc(NC(=O)c3ccc(OC4CC5CCC(C4)N5CCO)cc3)cc2)c(OC)c1. The van der Waals surface area contributed by atoms with E-state index in [9.17, 15) is 14.7 Å². The molecule has 0 saturated carbocycles. The molecule has 0 spiro atoms. The highest BCUT2D eigenvalue weighted by Gasteiger charge is 2.41. The topological polar surface area (TPSA) is 121 Å². The molecule has 2 bridgehead atoms. The van der Waals surface area contributed by atoms with Gasteiger partial charge >= 0.3 is 6.03 Å². The predicted octanol–water partition coefficient (Wildman–Crippen LogP) is 6.42. The Labute approximate surface area is 265 Å². The standard InChI is InChI=1S/C35H44N4O6/c1-4-24(5-2)37-35(42)38-26-10-17-32(33(20-26)43-3)45-30-15-8-25(9-16-30)36-34(41)23-6-13-29(14-7-23)44-31-21-27-11-12-28(22-31)39(27)18-19-40/h6-10,13-17,20,24,27-28,31,40H,4-5,11-12,18-19,21-22H2,1-3H3,(H,36,41)(H2,37,38,42). The number of urea groups is 1. The number of carbonyl (C=O) groups is 2. The Morgan fingerprint density at radius 1 is 0.867 bits per heavy atom. The number of aliphatic hydroxyl groups excluding tert-OH is 1. The summed E-state index contributed by atoms with van der Waals surface area (Å²) in [5.41, 5.74) is 1.76. The largest absolute Gasteiger partial charge is 0.493 e. The molecule has 3 aromatic carbocycles. The van der Waals surface area contributed by atoms with Gasteiger partial charge in [0.05, 0.1) is 13.7 Å². The molecular formula is C35H44N4O6. The Kier molecular flexibility index (Phi) is 10.8. The zero-order valence-electron chi connectivity index (χ0n) is 26.3. The lowest BCUT2D eigenvalue weighted by molar-refractivity contribution is 0.0391. The van der Waals surface area contributed by atoms with Crippen LogP contribution in [0.5, 0.6) is 23.0 Å². The number of fused-ring (bicyclic) bond motifs is 2. The number of carbonyl (C=O) groups excluding carboxylic acids is 2.